The Labute approximate surface area is 162 Å². The summed E-state index contributed by atoms with van der Waals surface area (Å²) >= 11 is 6.05. The molecule has 1 fully saturated rings. The molecule has 146 valence electrons. The summed E-state index contributed by atoms with van der Waals surface area (Å²) in [7, 11) is 0. The Balaban J connectivity index is 2.00. The number of nitrogens with zero attached hydrogens (tertiary/aromatic N) is 3. The first-order valence-corrected chi connectivity index (χ1v) is 9.81. The first-order chi connectivity index (χ1) is 12.9. The van der Waals surface area contributed by atoms with Crippen molar-refractivity contribution in [1.29, 1.82) is 0 Å². The summed E-state index contributed by atoms with van der Waals surface area (Å²) < 4.78 is 21.0. The van der Waals surface area contributed by atoms with E-state index in [0.29, 0.717) is 34.6 Å². The molecular formula is C19H24ClFN4O2. The number of anilines is 1. The van der Waals surface area contributed by atoms with Crippen LogP contribution in [0.2, 0.25) is 5.15 Å². The van der Waals surface area contributed by atoms with Crippen LogP contribution in [0.1, 0.15) is 32.9 Å². The summed E-state index contributed by atoms with van der Waals surface area (Å²) in [6, 6.07) is 2.13. The van der Waals surface area contributed by atoms with E-state index in [9.17, 15) is 9.50 Å². The van der Waals surface area contributed by atoms with Gasteiger partial charge in [-0.05, 0) is 26.3 Å². The van der Waals surface area contributed by atoms with Crippen LogP contribution >= 0.6 is 11.6 Å². The average molecular weight is 395 g/mol. The van der Waals surface area contributed by atoms with Gasteiger partial charge in [-0.2, -0.15) is 4.98 Å². The molecule has 2 aromatic rings. The molecule has 0 bridgehead atoms. The molecule has 0 aromatic carbocycles. The van der Waals surface area contributed by atoms with Crippen molar-refractivity contribution in [1.82, 2.24) is 15.3 Å². The molecule has 1 saturated heterocycles. The maximum Gasteiger partial charge on any atom is 0.227 e. The number of piperazine rings is 1. The molecule has 0 aliphatic carbocycles. The highest BCUT2D eigenvalue weighted by molar-refractivity contribution is 6.30. The number of rotatable bonds is 3. The number of halogens is 2. The zero-order valence-corrected chi connectivity index (χ0v) is 16.4. The van der Waals surface area contributed by atoms with Crippen molar-refractivity contribution in [2.24, 2.45) is 0 Å². The summed E-state index contributed by atoms with van der Waals surface area (Å²) in [6.07, 6.45) is 1.09. The number of nitrogens with one attached hydrogen (secondary N) is 1. The minimum atomic E-state index is -0.580. The largest absolute Gasteiger partial charge is 0.472 e. The molecule has 2 aliphatic rings. The van der Waals surface area contributed by atoms with Crippen LogP contribution in [-0.4, -0.2) is 52.5 Å². The number of pyridine rings is 2. The second-order valence-corrected chi connectivity index (χ2v) is 7.76. The van der Waals surface area contributed by atoms with Gasteiger partial charge in [-0.3, -0.25) is 0 Å². The van der Waals surface area contributed by atoms with Gasteiger partial charge in [0.05, 0.1) is 11.4 Å². The Morgan fingerprint density at radius 2 is 2.19 bits per heavy atom. The van der Waals surface area contributed by atoms with Crippen molar-refractivity contribution in [2.45, 2.75) is 57.8 Å². The molecule has 0 saturated carbocycles. The van der Waals surface area contributed by atoms with Gasteiger partial charge in [0.1, 0.15) is 11.9 Å². The van der Waals surface area contributed by atoms with E-state index in [1.54, 1.807) is 6.07 Å². The van der Waals surface area contributed by atoms with Crippen molar-refractivity contribution >= 4 is 28.2 Å². The minimum absolute atomic E-state index is 0.0299. The van der Waals surface area contributed by atoms with Crippen molar-refractivity contribution in [2.75, 3.05) is 18.1 Å². The molecule has 2 aromatic heterocycles. The van der Waals surface area contributed by atoms with E-state index in [0.717, 1.165) is 13.0 Å². The zero-order chi connectivity index (χ0) is 19.3. The van der Waals surface area contributed by atoms with Crippen molar-refractivity contribution < 1.29 is 14.2 Å². The number of hydrogen-bond donors (Lipinski definition) is 2. The fraction of sp³-hybridized carbons (Fsp3) is 0.579. The van der Waals surface area contributed by atoms with Gasteiger partial charge in [0.25, 0.3) is 0 Å². The Morgan fingerprint density at radius 3 is 2.89 bits per heavy atom. The summed E-state index contributed by atoms with van der Waals surface area (Å²) in [5.41, 5.74) is 0.625. The molecule has 0 spiro atoms. The van der Waals surface area contributed by atoms with Crippen LogP contribution in [0, 0.1) is 5.82 Å². The normalized spacial score (nSPS) is 27.3. The minimum Gasteiger partial charge on any atom is -0.472 e. The standard InChI is InChI=1S/C19H24ClFN4O2/c1-4-13-16-10(3)27-19-14-12(15(21)17(20)24-19)7-11(5-6-26)23-18(14)25(16)8-9(2)22-13/h7,9-10,13,16,22,26H,4-6,8H2,1-3H3/t9?,10-,13-,16+/m0/s1. The second-order valence-electron chi connectivity index (χ2n) is 7.40. The van der Waals surface area contributed by atoms with Gasteiger partial charge in [0.2, 0.25) is 5.88 Å². The monoisotopic (exact) mass is 394 g/mol. The summed E-state index contributed by atoms with van der Waals surface area (Å²) in [4.78, 5) is 11.2. The van der Waals surface area contributed by atoms with Crippen LogP contribution in [-0.2, 0) is 6.42 Å². The van der Waals surface area contributed by atoms with E-state index in [-0.39, 0.29) is 36.0 Å². The third-order valence-corrected chi connectivity index (χ3v) is 5.73. The number of hydrogen-bond acceptors (Lipinski definition) is 6. The van der Waals surface area contributed by atoms with E-state index in [1.165, 1.54) is 0 Å². The molecule has 6 nitrogen and oxygen atoms in total. The topological polar surface area (TPSA) is 70.5 Å². The molecule has 27 heavy (non-hydrogen) atoms. The Morgan fingerprint density at radius 1 is 1.41 bits per heavy atom. The molecule has 4 heterocycles. The number of ether oxygens (including phenoxy) is 1. The molecule has 0 radical (unpaired) electrons. The lowest BCUT2D eigenvalue weighted by molar-refractivity contribution is 0.140. The zero-order valence-electron chi connectivity index (χ0n) is 15.7. The lowest BCUT2D eigenvalue weighted by Crippen LogP contribution is -2.65. The molecular weight excluding hydrogens is 371 g/mol. The van der Waals surface area contributed by atoms with Crippen molar-refractivity contribution in [3.8, 4) is 5.88 Å². The SMILES string of the molecule is CC[C@@H]1NC(C)CN2c3nc(CCO)cc4c(F)c(Cl)nc(c34)O[C@@H](C)[C@H]12. The first-order valence-electron chi connectivity index (χ1n) is 9.43. The predicted molar refractivity (Wildman–Crippen MR) is 103 cm³/mol. The van der Waals surface area contributed by atoms with Crippen LogP contribution in [0.4, 0.5) is 10.2 Å². The van der Waals surface area contributed by atoms with Crippen LogP contribution in [0.25, 0.3) is 10.8 Å². The van der Waals surface area contributed by atoms with E-state index in [4.69, 9.17) is 21.3 Å². The van der Waals surface area contributed by atoms with Gasteiger partial charge in [-0.25, -0.2) is 9.37 Å². The quantitative estimate of drug-likeness (QED) is 0.780. The highest BCUT2D eigenvalue weighted by Gasteiger charge is 2.42. The van der Waals surface area contributed by atoms with Gasteiger partial charge < -0.3 is 20.1 Å². The highest BCUT2D eigenvalue weighted by Crippen LogP contribution is 2.42. The van der Waals surface area contributed by atoms with Crippen LogP contribution < -0.4 is 15.0 Å². The third-order valence-electron chi connectivity index (χ3n) is 5.48. The fourth-order valence-corrected chi connectivity index (χ4v) is 4.55. The first kappa shape index (κ1) is 18.7. The number of aliphatic hydroxyl groups excluding tert-OH is 1. The van der Waals surface area contributed by atoms with Gasteiger partial charge >= 0.3 is 0 Å². The van der Waals surface area contributed by atoms with Gasteiger partial charge in [0.15, 0.2) is 11.0 Å². The fourth-order valence-electron chi connectivity index (χ4n) is 4.37. The highest BCUT2D eigenvalue weighted by atomic mass is 35.5. The summed E-state index contributed by atoms with van der Waals surface area (Å²) in [5.74, 6) is 0.400. The number of fused-ring (bicyclic) bond motifs is 2. The van der Waals surface area contributed by atoms with Gasteiger partial charge in [0, 0.05) is 42.7 Å². The van der Waals surface area contributed by atoms with Crippen LogP contribution in [0.5, 0.6) is 5.88 Å². The Kier molecular flexibility index (Phi) is 4.86. The maximum atomic E-state index is 14.8. The third kappa shape index (κ3) is 3.02. The number of aliphatic hydroxyl groups is 1. The lowest BCUT2D eigenvalue weighted by atomic mass is 9.94. The van der Waals surface area contributed by atoms with Gasteiger partial charge in [-0.1, -0.05) is 18.5 Å². The Bertz CT molecular complexity index is 881. The molecule has 2 aliphatic heterocycles. The van der Waals surface area contributed by atoms with E-state index >= 15 is 0 Å². The summed E-state index contributed by atoms with van der Waals surface area (Å²) in [5, 5.41) is 13.7. The van der Waals surface area contributed by atoms with E-state index in [2.05, 4.69) is 29.0 Å². The second kappa shape index (κ2) is 7.04. The average Bonchev–Trinajstić information content (AvgIpc) is 2.75. The molecule has 1 unspecified atom stereocenters. The smallest absolute Gasteiger partial charge is 0.227 e. The lowest BCUT2D eigenvalue weighted by Gasteiger charge is -2.46. The van der Waals surface area contributed by atoms with Gasteiger partial charge in [-0.15, -0.1) is 0 Å². The maximum absolute atomic E-state index is 14.8. The van der Waals surface area contributed by atoms with Crippen LogP contribution in [0.15, 0.2) is 6.07 Å². The molecule has 2 N–H and O–H groups in total. The predicted octanol–water partition coefficient (Wildman–Crippen LogP) is 2.68. The summed E-state index contributed by atoms with van der Waals surface area (Å²) in [6.45, 7) is 6.94. The Hall–Kier alpha value is -1.70. The van der Waals surface area contributed by atoms with E-state index < -0.39 is 5.82 Å². The van der Waals surface area contributed by atoms with E-state index in [1.807, 2.05) is 6.92 Å². The van der Waals surface area contributed by atoms with Crippen molar-refractivity contribution in [3.63, 3.8) is 0 Å². The molecule has 4 rings (SSSR count). The van der Waals surface area contributed by atoms with Crippen LogP contribution in [0.3, 0.4) is 0 Å². The molecule has 8 heteroatoms. The number of aromatic nitrogens is 2. The molecule has 0 amide bonds. The molecule has 4 atom stereocenters. The van der Waals surface area contributed by atoms with Crippen molar-refractivity contribution in [3.05, 3.63) is 22.7 Å².